The van der Waals surface area contributed by atoms with E-state index in [1.165, 1.54) is 0 Å². The van der Waals surface area contributed by atoms with Crippen molar-refractivity contribution in [3.05, 3.63) is 173 Å². The summed E-state index contributed by atoms with van der Waals surface area (Å²) in [6.07, 6.45) is 0. The van der Waals surface area contributed by atoms with Crippen LogP contribution in [0.1, 0.15) is 32.6 Å². The highest BCUT2D eigenvalue weighted by Gasteiger charge is 2.66. The number of hydrogen-bond donors (Lipinski definition) is 1. The number of carboxylic acid groups (broad SMARTS) is 1. The van der Waals surface area contributed by atoms with Crippen molar-refractivity contribution in [2.24, 2.45) is 0 Å². The summed E-state index contributed by atoms with van der Waals surface area (Å²) >= 11 is 0. The Morgan fingerprint density at radius 3 is 1.24 bits per heavy atom. The Kier molecular flexibility index (Phi) is 6.73. The lowest BCUT2D eigenvalue weighted by Crippen LogP contribution is -2.48. The van der Waals surface area contributed by atoms with Gasteiger partial charge in [0.25, 0.3) is 0 Å². The third-order valence-corrected chi connectivity index (χ3v) is 7.44. The van der Waals surface area contributed by atoms with Gasteiger partial charge in [0.2, 0.25) is 0 Å². The molecular formula is C33H22BF3O4. The smallest absolute Gasteiger partial charge is 0.477 e. The molecule has 0 saturated carbocycles. The SMILES string of the molecule is O=C(O)c1c(F)cc(F)c(B2OC(c3ccccc3)(c3ccccc3)C(c3ccccc3)(c3ccccc3)O2)c1F. The lowest BCUT2D eigenvalue weighted by atomic mass is 9.66. The molecule has 4 nitrogen and oxygen atoms in total. The molecule has 5 aromatic rings. The maximum Gasteiger partial charge on any atom is 0.502 e. The van der Waals surface area contributed by atoms with Crippen molar-refractivity contribution in [2.45, 2.75) is 11.2 Å². The van der Waals surface area contributed by atoms with E-state index in [2.05, 4.69) is 0 Å². The van der Waals surface area contributed by atoms with E-state index in [0.29, 0.717) is 28.3 Å². The summed E-state index contributed by atoms with van der Waals surface area (Å²) in [6, 6.07) is 36.9. The Balaban J connectivity index is 1.75. The molecule has 1 fully saturated rings. The maximum absolute atomic E-state index is 15.8. The first-order chi connectivity index (χ1) is 19.9. The van der Waals surface area contributed by atoms with Gasteiger partial charge in [0, 0.05) is 6.07 Å². The Labute approximate surface area is 234 Å². The first-order valence-electron chi connectivity index (χ1n) is 12.9. The number of benzene rings is 5. The number of hydrogen-bond acceptors (Lipinski definition) is 3. The molecule has 8 heteroatoms. The Bertz CT molecular complexity index is 1530. The molecule has 1 aliphatic heterocycles. The number of halogens is 3. The van der Waals surface area contributed by atoms with Crippen molar-refractivity contribution in [3.63, 3.8) is 0 Å². The molecule has 1 N–H and O–H groups in total. The summed E-state index contributed by atoms with van der Waals surface area (Å²) in [7, 11) is -1.78. The minimum atomic E-state index is -1.88. The third kappa shape index (κ3) is 4.06. The van der Waals surface area contributed by atoms with E-state index in [1.54, 1.807) is 0 Å². The van der Waals surface area contributed by atoms with E-state index < -0.39 is 52.8 Å². The Morgan fingerprint density at radius 2 is 0.927 bits per heavy atom. The number of rotatable bonds is 6. The lowest BCUT2D eigenvalue weighted by Gasteiger charge is -2.46. The average molecular weight is 550 g/mol. The molecule has 0 aliphatic carbocycles. The van der Waals surface area contributed by atoms with Crippen LogP contribution in [-0.2, 0) is 20.5 Å². The first-order valence-corrected chi connectivity index (χ1v) is 12.9. The first kappa shape index (κ1) is 26.6. The second kappa shape index (κ2) is 10.4. The maximum atomic E-state index is 15.8. The highest BCUT2D eigenvalue weighted by atomic mass is 19.1. The number of carbonyl (C=O) groups is 1. The predicted molar refractivity (Wildman–Crippen MR) is 148 cm³/mol. The van der Waals surface area contributed by atoms with E-state index in [9.17, 15) is 14.3 Å². The summed E-state index contributed by atoms with van der Waals surface area (Å²) < 4.78 is 59.2. The molecule has 0 aromatic heterocycles. The second-order valence-electron chi connectivity index (χ2n) is 9.64. The Morgan fingerprint density at radius 1 is 0.585 bits per heavy atom. The molecule has 6 rings (SSSR count). The van der Waals surface area contributed by atoms with Crippen LogP contribution in [0.2, 0.25) is 0 Å². The van der Waals surface area contributed by atoms with Gasteiger partial charge in [0.1, 0.15) is 34.2 Å². The van der Waals surface area contributed by atoms with Gasteiger partial charge >= 0.3 is 13.1 Å². The van der Waals surface area contributed by atoms with E-state index in [0.717, 1.165) is 0 Å². The van der Waals surface area contributed by atoms with Crippen LogP contribution in [0.25, 0.3) is 0 Å². The van der Waals surface area contributed by atoms with E-state index in [4.69, 9.17) is 9.31 Å². The van der Waals surface area contributed by atoms with E-state index >= 15 is 8.78 Å². The van der Waals surface area contributed by atoms with Crippen molar-refractivity contribution in [3.8, 4) is 0 Å². The van der Waals surface area contributed by atoms with Gasteiger partial charge in [0.05, 0.1) is 5.46 Å². The molecule has 1 saturated heterocycles. The fraction of sp³-hybridized carbons (Fsp3) is 0.0606. The van der Waals surface area contributed by atoms with Gasteiger partial charge in [-0.1, -0.05) is 121 Å². The van der Waals surface area contributed by atoms with Gasteiger partial charge in [-0.25, -0.2) is 18.0 Å². The molecule has 5 aromatic carbocycles. The van der Waals surface area contributed by atoms with E-state index in [-0.39, 0.29) is 0 Å². The van der Waals surface area contributed by atoms with Crippen LogP contribution in [0.3, 0.4) is 0 Å². The fourth-order valence-electron chi connectivity index (χ4n) is 5.76. The predicted octanol–water partition coefficient (Wildman–Crippen LogP) is 6.43. The zero-order valence-electron chi connectivity index (χ0n) is 21.5. The molecule has 1 aliphatic rings. The van der Waals surface area contributed by atoms with Crippen LogP contribution in [0.5, 0.6) is 0 Å². The van der Waals surface area contributed by atoms with Gasteiger partial charge in [-0.15, -0.1) is 0 Å². The molecule has 0 amide bonds. The highest BCUT2D eigenvalue weighted by molar-refractivity contribution is 6.62. The van der Waals surface area contributed by atoms with Gasteiger partial charge in [0.15, 0.2) is 0 Å². The minimum Gasteiger partial charge on any atom is -0.477 e. The largest absolute Gasteiger partial charge is 0.502 e. The van der Waals surface area contributed by atoms with Crippen molar-refractivity contribution in [1.29, 1.82) is 0 Å². The van der Waals surface area contributed by atoms with Crippen LogP contribution in [0.4, 0.5) is 13.2 Å². The standard InChI is InChI=1S/C33H22BF3O4/c35-26-21-27(36)29(30(37)28(26)31(38)39)34-40-32(22-13-5-1-6-14-22,23-15-7-2-8-16-23)33(41-34,24-17-9-3-10-18-24)25-19-11-4-12-20-25/h1-21H,(H,38,39). The van der Waals surface area contributed by atoms with Crippen molar-refractivity contribution < 1.29 is 32.4 Å². The molecule has 41 heavy (non-hydrogen) atoms. The molecule has 0 spiro atoms. The van der Waals surface area contributed by atoms with Crippen LogP contribution in [0.15, 0.2) is 127 Å². The molecule has 202 valence electrons. The van der Waals surface area contributed by atoms with Crippen molar-refractivity contribution >= 4 is 18.6 Å². The van der Waals surface area contributed by atoms with Gasteiger partial charge in [-0.2, -0.15) is 0 Å². The summed E-state index contributed by atoms with van der Waals surface area (Å²) in [5.74, 6) is -6.35. The van der Waals surface area contributed by atoms with Crippen molar-refractivity contribution in [2.75, 3.05) is 0 Å². The minimum absolute atomic E-state index is 0.340. The number of aromatic carboxylic acids is 1. The third-order valence-electron chi connectivity index (χ3n) is 7.44. The molecule has 0 unspecified atom stereocenters. The van der Waals surface area contributed by atoms with Crippen molar-refractivity contribution in [1.82, 2.24) is 0 Å². The van der Waals surface area contributed by atoms with Crippen LogP contribution in [-0.4, -0.2) is 18.2 Å². The van der Waals surface area contributed by atoms with Gasteiger partial charge in [-0.3, -0.25) is 0 Å². The molecule has 1 heterocycles. The zero-order valence-corrected chi connectivity index (χ0v) is 21.5. The second-order valence-corrected chi connectivity index (χ2v) is 9.64. The van der Waals surface area contributed by atoms with E-state index in [1.807, 2.05) is 121 Å². The van der Waals surface area contributed by atoms with Gasteiger partial charge in [-0.05, 0) is 22.3 Å². The molecular weight excluding hydrogens is 528 g/mol. The summed E-state index contributed by atoms with van der Waals surface area (Å²) in [4.78, 5) is 11.8. The molecule has 0 bridgehead atoms. The lowest BCUT2D eigenvalue weighted by molar-refractivity contribution is 0.00370. The summed E-state index contributed by atoms with van der Waals surface area (Å²) in [6.45, 7) is 0. The quantitative estimate of drug-likeness (QED) is 0.248. The van der Waals surface area contributed by atoms with Gasteiger partial charge < -0.3 is 14.4 Å². The monoisotopic (exact) mass is 550 g/mol. The fourth-order valence-corrected chi connectivity index (χ4v) is 5.76. The summed E-state index contributed by atoms with van der Waals surface area (Å²) in [5, 5.41) is 9.54. The topological polar surface area (TPSA) is 55.8 Å². The Hall–Kier alpha value is -4.66. The number of carboxylic acids is 1. The summed E-state index contributed by atoms with van der Waals surface area (Å²) in [5.41, 5.74) is -2.79. The van der Waals surface area contributed by atoms with Crippen LogP contribution < -0.4 is 5.46 Å². The normalized spacial score (nSPS) is 15.5. The molecule has 0 radical (unpaired) electrons. The highest BCUT2D eigenvalue weighted by Crippen LogP contribution is 2.58. The van der Waals surface area contributed by atoms with Crippen LogP contribution in [0, 0.1) is 17.5 Å². The average Bonchev–Trinajstić information content (AvgIpc) is 3.36. The van der Waals surface area contributed by atoms with Crippen LogP contribution >= 0.6 is 0 Å². The zero-order chi connectivity index (χ0) is 28.6. The molecule has 0 atom stereocenters.